The smallest absolute Gasteiger partial charge is 0.237 e. The van der Waals surface area contributed by atoms with E-state index >= 15 is 0 Å². The molecule has 0 radical (unpaired) electrons. The Morgan fingerprint density at radius 1 is 1.59 bits per heavy atom. The Bertz CT molecular complexity index is 383. The predicted molar refractivity (Wildman–Crippen MR) is 69.4 cm³/mol. The molecule has 17 heavy (non-hydrogen) atoms. The molecule has 3 N–H and O–H groups in total. The molecule has 2 heterocycles. The zero-order valence-electron chi connectivity index (χ0n) is 10.1. The minimum atomic E-state index is -0.0167. The predicted octanol–water partition coefficient (Wildman–Crippen LogP) is 1.26. The van der Waals surface area contributed by atoms with Gasteiger partial charge in [-0.25, -0.2) is 5.84 Å². The first-order valence-corrected chi connectivity index (χ1v) is 6.84. The van der Waals surface area contributed by atoms with Crippen molar-refractivity contribution in [2.45, 2.75) is 26.3 Å². The zero-order chi connectivity index (χ0) is 12.3. The van der Waals surface area contributed by atoms with Gasteiger partial charge in [0.1, 0.15) is 0 Å². The van der Waals surface area contributed by atoms with Crippen molar-refractivity contribution in [3.05, 3.63) is 21.9 Å². The van der Waals surface area contributed by atoms with Gasteiger partial charge in [0.15, 0.2) is 0 Å². The molecule has 0 aromatic carbocycles. The lowest BCUT2D eigenvalue weighted by molar-refractivity contribution is -0.126. The van der Waals surface area contributed by atoms with Crippen LogP contribution in [0.2, 0.25) is 0 Å². The lowest BCUT2D eigenvalue weighted by Gasteiger charge is -2.30. The van der Waals surface area contributed by atoms with E-state index in [0.717, 1.165) is 32.5 Å². The minimum absolute atomic E-state index is 0.0167. The third kappa shape index (κ3) is 3.06. The molecule has 1 aliphatic heterocycles. The van der Waals surface area contributed by atoms with Crippen LogP contribution in [0.4, 0.5) is 0 Å². The zero-order valence-corrected chi connectivity index (χ0v) is 10.9. The number of rotatable bonds is 3. The molecule has 1 aromatic rings. The second-order valence-electron chi connectivity index (χ2n) is 4.59. The molecule has 1 aliphatic rings. The molecule has 0 atom stereocenters. The summed E-state index contributed by atoms with van der Waals surface area (Å²) in [6.45, 7) is 5.13. The van der Waals surface area contributed by atoms with Crippen molar-refractivity contribution in [1.82, 2.24) is 10.3 Å². The van der Waals surface area contributed by atoms with Gasteiger partial charge in [-0.15, -0.1) is 11.3 Å². The maximum atomic E-state index is 11.4. The third-order valence-electron chi connectivity index (χ3n) is 3.44. The molecule has 0 unspecified atom stereocenters. The van der Waals surface area contributed by atoms with Crippen LogP contribution in [0.5, 0.6) is 0 Å². The second kappa shape index (κ2) is 5.62. The van der Waals surface area contributed by atoms with Gasteiger partial charge < -0.3 is 0 Å². The Kier molecular flexibility index (Phi) is 4.15. The van der Waals surface area contributed by atoms with Gasteiger partial charge in [0.2, 0.25) is 5.91 Å². The molecule has 2 rings (SSSR count). The first-order valence-electron chi connectivity index (χ1n) is 5.96. The van der Waals surface area contributed by atoms with Gasteiger partial charge in [0.25, 0.3) is 0 Å². The number of hydrazine groups is 1. The van der Waals surface area contributed by atoms with Gasteiger partial charge in [0, 0.05) is 17.3 Å². The van der Waals surface area contributed by atoms with Crippen molar-refractivity contribution in [2.75, 3.05) is 13.1 Å². The van der Waals surface area contributed by atoms with Crippen LogP contribution in [0, 0.1) is 12.8 Å². The standard InChI is InChI=1S/C12H19N3OS/c1-9-4-7-17-11(9)8-15-5-2-10(3-6-15)12(16)14-13/h4,7,10H,2-3,5-6,8,13H2,1H3,(H,14,16). The van der Waals surface area contributed by atoms with Crippen LogP contribution >= 0.6 is 11.3 Å². The van der Waals surface area contributed by atoms with Crippen LogP contribution in [-0.4, -0.2) is 23.9 Å². The van der Waals surface area contributed by atoms with Gasteiger partial charge in [-0.3, -0.25) is 15.1 Å². The topological polar surface area (TPSA) is 58.4 Å². The van der Waals surface area contributed by atoms with Gasteiger partial charge in [0.05, 0.1) is 0 Å². The van der Waals surface area contributed by atoms with E-state index in [1.54, 1.807) is 0 Å². The van der Waals surface area contributed by atoms with E-state index in [1.165, 1.54) is 10.4 Å². The molecule has 0 aliphatic carbocycles. The number of nitrogens with zero attached hydrogens (tertiary/aromatic N) is 1. The summed E-state index contributed by atoms with van der Waals surface area (Å²) in [5.74, 6) is 5.24. The van der Waals surface area contributed by atoms with E-state index in [1.807, 2.05) is 11.3 Å². The summed E-state index contributed by atoms with van der Waals surface area (Å²) in [6.07, 6.45) is 1.82. The Morgan fingerprint density at radius 2 is 2.29 bits per heavy atom. The van der Waals surface area contributed by atoms with Crippen molar-refractivity contribution >= 4 is 17.2 Å². The average molecular weight is 253 g/mol. The highest BCUT2D eigenvalue weighted by Gasteiger charge is 2.24. The molecule has 1 aromatic heterocycles. The Hall–Kier alpha value is -0.910. The van der Waals surface area contributed by atoms with Crippen molar-refractivity contribution in [3.8, 4) is 0 Å². The highest BCUT2D eigenvalue weighted by atomic mass is 32.1. The molecular formula is C12H19N3OS. The first kappa shape index (κ1) is 12.5. The van der Waals surface area contributed by atoms with Crippen LogP contribution in [0.1, 0.15) is 23.3 Å². The van der Waals surface area contributed by atoms with Gasteiger partial charge in [-0.1, -0.05) is 0 Å². The number of hydrogen-bond acceptors (Lipinski definition) is 4. The molecule has 4 nitrogen and oxygen atoms in total. The fourth-order valence-electron chi connectivity index (χ4n) is 2.24. The molecule has 0 bridgehead atoms. The fraction of sp³-hybridized carbons (Fsp3) is 0.583. The first-order chi connectivity index (χ1) is 8.20. The van der Waals surface area contributed by atoms with Crippen LogP contribution < -0.4 is 11.3 Å². The maximum absolute atomic E-state index is 11.4. The summed E-state index contributed by atoms with van der Waals surface area (Å²) in [7, 11) is 0. The highest BCUT2D eigenvalue weighted by Crippen LogP contribution is 2.22. The van der Waals surface area contributed by atoms with Crippen molar-refractivity contribution in [1.29, 1.82) is 0 Å². The number of amides is 1. The van der Waals surface area contributed by atoms with Crippen LogP contribution in [-0.2, 0) is 11.3 Å². The average Bonchev–Trinajstić information content (AvgIpc) is 2.75. The van der Waals surface area contributed by atoms with E-state index in [-0.39, 0.29) is 11.8 Å². The normalized spacial score (nSPS) is 18.2. The number of thiophene rings is 1. The molecule has 94 valence electrons. The fourth-order valence-corrected chi connectivity index (χ4v) is 3.19. The number of nitrogens with two attached hydrogens (primary N) is 1. The highest BCUT2D eigenvalue weighted by molar-refractivity contribution is 7.10. The molecule has 5 heteroatoms. The Balaban J connectivity index is 1.83. The van der Waals surface area contributed by atoms with E-state index in [0.29, 0.717) is 0 Å². The van der Waals surface area contributed by atoms with E-state index in [4.69, 9.17) is 5.84 Å². The summed E-state index contributed by atoms with van der Waals surface area (Å²) in [4.78, 5) is 15.2. The van der Waals surface area contributed by atoms with Gasteiger partial charge in [-0.05, 0) is 49.9 Å². The van der Waals surface area contributed by atoms with E-state index in [9.17, 15) is 4.79 Å². The number of carbonyl (C=O) groups is 1. The number of carbonyl (C=O) groups excluding carboxylic acids is 1. The van der Waals surface area contributed by atoms with E-state index in [2.05, 4.69) is 28.7 Å². The van der Waals surface area contributed by atoms with Crippen molar-refractivity contribution in [2.24, 2.45) is 11.8 Å². The van der Waals surface area contributed by atoms with Crippen molar-refractivity contribution < 1.29 is 4.79 Å². The Labute approximate surface area is 106 Å². The quantitative estimate of drug-likeness (QED) is 0.484. The summed E-state index contributed by atoms with van der Waals surface area (Å²) in [5, 5.41) is 2.14. The Morgan fingerprint density at radius 3 is 2.82 bits per heavy atom. The molecular weight excluding hydrogens is 234 g/mol. The van der Waals surface area contributed by atoms with Crippen LogP contribution in [0.3, 0.4) is 0 Å². The summed E-state index contributed by atoms with van der Waals surface area (Å²) < 4.78 is 0. The second-order valence-corrected chi connectivity index (χ2v) is 5.59. The molecule has 0 saturated carbocycles. The summed E-state index contributed by atoms with van der Waals surface area (Å²) in [6, 6.07) is 2.16. The van der Waals surface area contributed by atoms with Crippen molar-refractivity contribution in [3.63, 3.8) is 0 Å². The lowest BCUT2D eigenvalue weighted by atomic mass is 9.96. The third-order valence-corrected chi connectivity index (χ3v) is 4.44. The number of piperidine rings is 1. The molecule has 0 spiro atoms. The molecule has 1 saturated heterocycles. The van der Waals surface area contributed by atoms with Crippen LogP contribution in [0.15, 0.2) is 11.4 Å². The van der Waals surface area contributed by atoms with Gasteiger partial charge >= 0.3 is 0 Å². The number of hydrogen-bond donors (Lipinski definition) is 2. The summed E-state index contributed by atoms with van der Waals surface area (Å²) in [5.41, 5.74) is 3.62. The molecule has 1 fully saturated rings. The van der Waals surface area contributed by atoms with E-state index < -0.39 is 0 Å². The van der Waals surface area contributed by atoms with Crippen LogP contribution in [0.25, 0.3) is 0 Å². The van der Waals surface area contributed by atoms with Gasteiger partial charge in [-0.2, -0.15) is 0 Å². The number of aryl methyl sites for hydroxylation is 1. The maximum Gasteiger partial charge on any atom is 0.237 e. The number of nitrogens with one attached hydrogen (secondary N) is 1. The number of likely N-dealkylation sites (tertiary alicyclic amines) is 1. The largest absolute Gasteiger partial charge is 0.298 e. The monoisotopic (exact) mass is 253 g/mol. The molecule has 1 amide bonds. The lowest BCUT2D eigenvalue weighted by Crippen LogP contribution is -2.42. The minimum Gasteiger partial charge on any atom is -0.298 e. The summed E-state index contributed by atoms with van der Waals surface area (Å²) >= 11 is 1.81. The SMILES string of the molecule is Cc1ccsc1CN1CCC(C(=O)NN)CC1.